The predicted octanol–water partition coefficient (Wildman–Crippen LogP) is 21.7. The average Bonchev–Trinajstić information content (AvgIpc) is 3.45. The largest absolute Gasteiger partial charge is 0.462 e. The molecule has 0 N–H and O–H groups in total. The van der Waals surface area contributed by atoms with Gasteiger partial charge in [-0.1, -0.05) is 267 Å². The minimum Gasteiger partial charge on any atom is -0.462 e. The Morgan fingerprint density at radius 3 is 0.937 bits per heavy atom. The monoisotopic (exact) mass is 1080 g/mol. The van der Waals surface area contributed by atoms with E-state index in [0.717, 1.165) is 116 Å². The number of hydrogen-bond acceptors (Lipinski definition) is 6. The Kier molecular flexibility index (Phi) is 60.5. The topological polar surface area (TPSA) is 78.9 Å². The first-order valence-electron chi connectivity index (χ1n) is 31.3. The van der Waals surface area contributed by atoms with Gasteiger partial charge in [-0.05, 0) is 135 Å². The van der Waals surface area contributed by atoms with Crippen molar-refractivity contribution in [2.45, 2.75) is 245 Å². The Labute approximate surface area is 484 Å². The molecular weight excluding hydrogens is 973 g/mol. The molecule has 0 aliphatic rings. The summed E-state index contributed by atoms with van der Waals surface area (Å²) in [5, 5.41) is 0. The van der Waals surface area contributed by atoms with Crippen LogP contribution in [0, 0.1) is 0 Å². The molecule has 0 bridgehead atoms. The molecule has 6 heteroatoms. The van der Waals surface area contributed by atoms with Crippen LogP contribution in [0.4, 0.5) is 0 Å². The minimum absolute atomic E-state index is 0.107. The number of carbonyl (C=O) groups is 3. The van der Waals surface area contributed by atoms with Gasteiger partial charge < -0.3 is 14.2 Å². The van der Waals surface area contributed by atoms with Gasteiger partial charge in [0, 0.05) is 12.8 Å². The van der Waals surface area contributed by atoms with E-state index in [0.29, 0.717) is 6.42 Å². The molecule has 79 heavy (non-hydrogen) atoms. The van der Waals surface area contributed by atoms with E-state index in [1.165, 1.54) is 77.0 Å². The fraction of sp³-hybridized carbons (Fsp3) is 0.548. The van der Waals surface area contributed by atoms with E-state index >= 15 is 0 Å². The lowest BCUT2D eigenvalue weighted by atomic mass is 10.1. The van der Waals surface area contributed by atoms with Crippen molar-refractivity contribution in [1.82, 2.24) is 0 Å². The van der Waals surface area contributed by atoms with E-state index in [-0.39, 0.29) is 44.4 Å². The lowest BCUT2D eigenvalue weighted by molar-refractivity contribution is -0.166. The maximum Gasteiger partial charge on any atom is 0.309 e. The number of ether oxygens (including phenoxy) is 3. The van der Waals surface area contributed by atoms with E-state index in [4.69, 9.17) is 14.2 Å². The lowest BCUT2D eigenvalue weighted by Crippen LogP contribution is -2.30. The van der Waals surface area contributed by atoms with Gasteiger partial charge in [-0.2, -0.15) is 0 Å². The van der Waals surface area contributed by atoms with Crippen molar-refractivity contribution in [3.8, 4) is 0 Å². The molecule has 0 radical (unpaired) electrons. The Morgan fingerprint density at radius 2 is 0.557 bits per heavy atom. The SMILES string of the molecule is CC/C=C\C/C=C\C/C=C\C/C=C\C/C=C\C/C=C\C/C=C\C/C=C\C/C=C\CCCC(=O)OCC(COC(=O)C/C=C\C/C=C\C/C=C\C/C=C\C/C=C\CC)OC(=O)CCCCCCCCC/C=C\CCCCCCCC. The van der Waals surface area contributed by atoms with Crippen molar-refractivity contribution in [3.05, 3.63) is 182 Å². The molecule has 0 aliphatic heterocycles. The zero-order valence-corrected chi connectivity index (χ0v) is 50.3. The van der Waals surface area contributed by atoms with Crippen LogP contribution in [-0.4, -0.2) is 37.2 Å². The summed E-state index contributed by atoms with van der Waals surface area (Å²) in [7, 11) is 0. The van der Waals surface area contributed by atoms with Crippen molar-refractivity contribution in [2.24, 2.45) is 0 Å². The Bertz CT molecular complexity index is 1870. The summed E-state index contributed by atoms with van der Waals surface area (Å²) in [5.74, 6) is -1.15. The van der Waals surface area contributed by atoms with Crippen LogP contribution in [0.2, 0.25) is 0 Å². The number of carbonyl (C=O) groups excluding carboxylic acids is 3. The number of esters is 3. The second kappa shape index (κ2) is 65.0. The quantitative estimate of drug-likeness (QED) is 0.0261. The molecule has 0 amide bonds. The molecule has 0 rings (SSSR count). The first-order valence-corrected chi connectivity index (χ1v) is 31.3. The standard InChI is InChI=1S/C73H112O6/c1-4-7-10-13-16-19-22-25-28-30-31-32-33-34-35-36-37-38-39-40-41-43-45-48-51-54-57-60-63-66-72(75)78-69-70(68-77-71(74)65-62-59-56-53-50-47-44-27-24-21-18-15-12-9-6-3)79-73(76)67-64-61-58-55-52-49-46-42-29-26-23-20-17-14-11-8-5-2/h7,9-10,12,16,18-19,21,25-29,31-32,34-35,37-38,40-41,44-45,48,50,53-54,57,59,62,70H,4-6,8,11,13-15,17,20,22-24,30,33,36,39,42-43,46-47,49,51-52,55-56,58,60-61,63-69H2,1-3H3/b10-7-,12-9-,19-16-,21-18-,28-25-,29-26-,32-31-,35-34-,38-37-,41-40-,44-27-,48-45-,53-50-,57-54-,62-59-. The van der Waals surface area contributed by atoms with Crippen LogP contribution in [0.25, 0.3) is 0 Å². The molecule has 6 nitrogen and oxygen atoms in total. The summed E-state index contributed by atoms with van der Waals surface area (Å²) in [5.41, 5.74) is 0. The summed E-state index contributed by atoms with van der Waals surface area (Å²) in [6, 6.07) is 0. The predicted molar refractivity (Wildman–Crippen MR) is 343 cm³/mol. The molecule has 0 saturated carbocycles. The van der Waals surface area contributed by atoms with Crippen LogP contribution >= 0.6 is 0 Å². The minimum atomic E-state index is -0.855. The maximum atomic E-state index is 12.9. The lowest BCUT2D eigenvalue weighted by Gasteiger charge is -2.18. The highest BCUT2D eigenvalue weighted by Gasteiger charge is 2.19. The summed E-state index contributed by atoms with van der Waals surface area (Å²) in [6.07, 6.45) is 97.8. The van der Waals surface area contributed by atoms with Gasteiger partial charge in [-0.15, -0.1) is 0 Å². The normalized spacial score (nSPS) is 13.4. The third-order valence-corrected chi connectivity index (χ3v) is 12.4. The van der Waals surface area contributed by atoms with Gasteiger partial charge in [-0.25, -0.2) is 0 Å². The van der Waals surface area contributed by atoms with E-state index < -0.39 is 12.1 Å². The van der Waals surface area contributed by atoms with Crippen LogP contribution in [0.15, 0.2) is 182 Å². The summed E-state index contributed by atoms with van der Waals surface area (Å²) in [6.45, 7) is 6.25. The third kappa shape index (κ3) is 63.2. The van der Waals surface area contributed by atoms with Gasteiger partial charge in [0.15, 0.2) is 6.10 Å². The first kappa shape index (κ1) is 73.5. The molecular formula is C73H112O6. The Balaban J connectivity index is 4.56. The number of allylic oxidation sites excluding steroid dienone is 29. The molecule has 0 aromatic carbocycles. The number of unbranched alkanes of at least 4 members (excludes halogenated alkanes) is 14. The summed E-state index contributed by atoms with van der Waals surface area (Å²) >= 11 is 0. The van der Waals surface area contributed by atoms with Gasteiger partial charge in [0.25, 0.3) is 0 Å². The van der Waals surface area contributed by atoms with Gasteiger partial charge in [-0.3, -0.25) is 14.4 Å². The van der Waals surface area contributed by atoms with E-state index in [9.17, 15) is 14.4 Å². The van der Waals surface area contributed by atoms with Crippen LogP contribution in [0.1, 0.15) is 239 Å². The van der Waals surface area contributed by atoms with Crippen molar-refractivity contribution < 1.29 is 28.6 Å². The highest BCUT2D eigenvalue weighted by atomic mass is 16.6. The molecule has 0 fully saturated rings. The zero-order valence-electron chi connectivity index (χ0n) is 50.3. The molecule has 0 aromatic heterocycles. The first-order chi connectivity index (χ1) is 39.0. The number of rotatable bonds is 54. The Morgan fingerprint density at radius 1 is 0.278 bits per heavy atom. The molecule has 0 aliphatic carbocycles. The molecule has 0 heterocycles. The van der Waals surface area contributed by atoms with E-state index in [2.05, 4.69) is 191 Å². The van der Waals surface area contributed by atoms with Crippen LogP contribution < -0.4 is 0 Å². The van der Waals surface area contributed by atoms with Crippen molar-refractivity contribution >= 4 is 17.9 Å². The third-order valence-electron chi connectivity index (χ3n) is 12.4. The number of hydrogen-bond donors (Lipinski definition) is 0. The molecule has 440 valence electrons. The van der Waals surface area contributed by atoms with Crippen LogP contribution in [-0.2, 0) is 28.6 Å². The zero-order chi connectivity index (χ0) is 57.1. The maximum absolute atomic E-state index is 12.9. The average molecular weight is 1090 g/mol. The van der Waals surface area contributed by atoms with Gasteiger partial charge in [0.05, 0.1) is 6.42 Å². The van der Waals surface area contributed by atoms with Crippen molar-refractivity contribution in [2.75, 3.05) is 13.2 Å². The van der Waals surface area contributed by atoms with Gasteiger partial charge >= 0.3 is 17.9 Å². The molecule has 0 spiro atoms. The fourth-order valence-corrected chi connectivity index (χ4v) is 7.80. The molecule has 1 atom stereocenters. The highest BCUT2D eigenvalue weighted by molar-refractivity contribution is 5.72. The smallest absolute Gasteiger partial charge is 0.309 e. The second-order valence-corrected chi connectivity index (χ2v) is 19.9. The van der Waals surface area contributed by atoms with Crippen LogP contribution in [0.5, 0.6) is 0 Å². The molecule has 1 unspecified atom stereocenters. The molecule has 0 saturated heterocycles. The summed E-state index contributed by atoms with van der Waals surface area (Å²) < 4.78 is 16.7. The van der Waals surface area contributed by atoms with E-state index in [1.54, 1.807) is 6.08 Å². The molecule has 0 aromatic rings. The van der Waals surface area contributed by atoms with Crippen molar-refractivity contribution in [1.29, 1.82) is 0 Å². The summed E-state index contributed by atoms with van der Waals surface area (Å²) in [4.78, 5) is 38.2. The highest BCUT2D eigenvalue weighted by Crippen LogP contribution is 2.13. The fourth-order valence-electron chi connectivity index (χ4n) is 7.80. The van der Waals surface area contributed by atoms with Crippen molar-refractivity contribution in [3.63, 3.8) is 0 Å². The Hall–Kier alpha value is -5.49. The van der Waals surface area contributed by atoms with Crippen LogP contribution in [0.3, 0.4) is 0 Å². The second-order valence-electron chi connectivity index (χ2n) is 19.9. The van der Waals surface area contributed by atoms with E-state index in [1.807, 2.05) is 6.08 Å². The van der Waals surface area contributed by atoms with Gasteiger partial charge in [0.1, 0.15) is 13.2 Å². The van der Waals surface area contributed by atoms with Gasteiger partial charge in [0.2, 0.25) is 0 Å².